The quantitative estimate of drug-likeness (QED) is 0.780. The van der Waals surface area contributed by atoms with Gasteiger partial charge in [0, 0.05) is 17.3 Å². The second-order valence-electron chi connectivity index (χ2n) is 3.63. The first kappa shape index (κ1) is 10.6. The molecule has 2 aromatic heterocycles. The van der Waals surface area contributed by atoms with Gasteiger partial charge >= 0.3 is 0 Å². The molecule has 0 saturated carbocycles. The Bertz CT molecular complexity index is 573. The van der Waals surface area contributed by atoms with Crippen molar-refractivity contribution in [1.82, 2.24) is 9.97 Å². The predicted molar refractivity (Wildman–Crippen MR) is 64.5 cm³/mol. The highest BCUT2D eigenvalue weighted by Gasteiger charge is 2.09. The molecule has 0 aromatic carbocycles. The Balaban J connectivity index is 2.44. The van der Waals surface area contributed by atoms with Crippen LogP contribution in [0.3, 0.4) is 0 Å². The van der Waals surface area contributed by atoms with Gasteiger partial charge in [0.15, 0.2) is 6.61 Å². The lowest BCUT2D eigenvalue weighted by atomic mass is 10.2. The molecule has 0 radical (unpaired) electrons. The summed E-state index contributed by atoms with van der Waals surface area (Å²) in [6.45, 7) is 6.30. The minimum atomic E-state index is 0.375. The Hall–Kier alpha value is -1.95. The first-order valence-electron chi connectivity index (χ1n) is 5.20. The van der Waals surface area contributed by atoms with Crippen LogP contribution >= 0.6 is 0 Å². The van der Waals surface area contributed by atoms with Gasteiger partial charge in [0.1, 0.15) is 5.52 Å². The fourth-order valence-electron chi connectivity index (χ4n) is 1.65. The van der Waals surface area contributed by atoms with Crippen molar-refractivity contribution < 1.29 is 4.74 Å². The van der Waals surface area contributed by atoms with Crippen molar-refractivity contribution in [2.75, 3.05) is 6.61 Å². The fraction of sp³-hybridized carbons (Fsp3) is 0.308. The number of nitrogens with one attached hydrogen (secondary N) is 1. The molecule has 2 aromatic rings. The highest BCUT2D eigenvalue weighted by atomic mass is 16.5. The van der Waals surface area contributed by atoms with E-state index in [0.717, 1.165) is 16.6 Å². The molecule has 0 saturated heterocycles. The average Bonchev–Trinajstić information content (AvgIpc) is 2.57. The number of rotatable bonds is 2. The van der Waals surface area contributed by atoms with Crippen LogP contribution in [0, 0.1) is 25.7 Å². The van der Waals surface area contributed by atoms with Crippen LogP contribution < -0.4 is 4.74 Å². The molecule has 0 unspecified atom stereocenters. The molecule has 82 valence electrons. The monoisotopic (exact) mass is 214 g/mol. The van der Waals surface area contributed by atoms with Gasteiger partial charge in [-0.3, -0.25) is 0 Å². The molecule has 0 amide bonds. The van der Waals surface area contributed by atoms with Crippen molar-refractivity contribution >= 4 is 10.9 Å². The molecule has 0 spiro atoms. The lowest BCUT2D eigenvalue weighted by molar-refractivity contribution is 0.359. The Morgan fingerprint density at radius 2 is 2.25 bits per heavy atom. The number of aryl methyl sites for hydroxylation is 2. The van der Waals surface area contributed by atoms with Crippen LogP contribution in [0.25, 0.3) is 10.9 Å². The lowest BCUT2D eigenvalue weighted by Crippen LogP contribution is -1.96. The molecule has 1 N–H and O–H groups in total. The summed E-state index contributed by atoms with van der Waals surface area (Å²) < 4.78 is 5.51. The summed E-state index contributed by atoms with van der Waals surface area (Å²) in [5, 5.41) is 1.16. The molecule has 2 rings (SSSR count). The zero-order valence-corrected chi connectivity index (χ0v) is 9.72. The fourth-order valence-corrected chi connectivity index (χ4v) is 1.65. The average molecular weight is 214 g/mol. The zero-order valence-electron chi connectivity index (χ0n) is 9.72. The van der Waals surface area contributed by atoms with E-state index < -0.39 is 0 Å². The number of hydrogen-bond acceptors (Lipinski definition) is 2. The third-order valence-electron chi connectivity index (χ3n) is 2.65. The van der Waals surface area contributed by atoms with Crippen LogP contribution in [0.2, 0.25) is 0 Å². The van der Waals surface area contributed by atoms with Crippen molar-refractivity contribution in [3.63, 3.8) is 0 Å². The summed E-state index contributed by atoms with van der Waals surface area (Å²) in [6, 6.07) is 1.99. The van der Waals surface area contributed by atoms with E-state index in [-0.39, 0.29) is 0 Å². The van der Waals surface area contributed by atoms with Crippen molar-refractivity contribution in [1.29, 1.82) is 0 Å². The van der Waals surface area contributed by atoms with E-state index in [1.165, 1.54) is 5.56 Å². The molecular weight excluding hydrogens is 200 g/mol. The van der Waals surface area contributed by atoms with Gasteiger partial charge in [-0.2, -0.15) is 0 Å². The molecule has 3 heteroatoms. The van der Waals surface area contributed by atoms with Crippen LogP contribution in [0.15, 0.2) is 12.3 Å². The maximum absolute atomic E-state index is 5.51. The van der Waals surface area contributed by atoms with Crippen molar-refractivity contribution in [2.45, 2.75) is 20.8 Å². The Morgan fingerprint density at radius 1 is 1.44 bits per heavy atom. The molecule has 3 nitrogen and oxygen atoms in total. The predicted octanol–water partition coefficient (Wildman–Crippen LogP) is 2.58. The van der Waals surface area contributed by atoms with Crippen LogP contribution in [0.4, 0.5) is 0 Å². The molecule has 16 heavy (non-hydrogen) atoms. The van der Waals surface area contributed by atoms with Gasteiger partial charge < -0.3 is 9.72 Å². The topological polar surface area (TPSA) is 37.9 Å². The van der Waals surface area contributed by atoms with Crippen LogP contribution in [-0.2, 0) is 0 Å². The number of pyridine rings is 1. The van der Waals surface area contributed by atoms with Crippen LogP contribution in [0.5, 0.6) is 5.88 Å². The minimum absolute atomic E-state index is 0.375. The van der Waals surface area contributed by atoms with Gasteiger partial charge in [0.2, 0.25) is 5.88 Å². The Morgan fingerprint density at radius 3 is 3.00 bits per heavy atom. The third kappa shape index (κ3) is 1.74. The third-order valence-corrected chi connectivity index (χ3v) is 2.65. The number of ether oxygens (including phenoxy) is 1. The highest BCUT2D eigenvalue weighted by molar-refractivity contribution is 5.87. The first-order valence-corrected chi connectivity index (χ1v) is 5.20. The lowest BCUT2D eigenvalue weighted by Gasteiger charge is -2.01. The SMILES string of the molecule is CC#CCOc1nccc2c(C)c(C)[nH]c12. The number of fused-ring (bicyclic) bond motifs is 1. The number of aromatic amines is 1. The van der Waals surface area contributed by atoms with E-state index in [1.54, 1.807) is 13.1 Å². The zero-order chi connectivity index (χ0) is 11.5. The van der Waals surface area contributed by atoms with Gasteiger partial charge in [0.05, 0.1) is 0 Å². The maximum Gasteiger partial charge on any atom is 0.239 e. The van der Waals surface area contributed by atoms with E-state index in [9.17, 15) is 0 Å². The van der Waals surface area contributed by atoms with Gasteiger partial charge in [-0.25, -0.2) is 4.98 Å². The molecule has 0 bridgehead atoms. The molecule has 0 aliphatic carbocycles. The van der Waals surface area contributed by atoms with Gasteiger partial charge in [0.25, 0.3) is 0 Å². The second kappa shape index (κ2) is 4.28. The first-order chi connectivity index (χ1) is 7.74. The Labute approximate surface area is 94.8 Å². The Kier molecular flexibility index (Phi) is 2.82. The minimum Gasteiger partial charge on any atom is -0.463 e. The number of H-pyrrole nitrogens is 1. The van der Waals surface area contributed by atoms with E-state index >= 15 is 0 Å². The van der Waals surface area contributed by atoms with Crippen molar-refractivity contribution in [3.8, 4) is 17.7 Å². The van der Waals surface area contributed by atoms with E-state index in [4.69, 9.17) is 4.74 Å². The van der Waals surface area contributed by atoms with Crippen molar-refractivity contribution in [2.24, 2.45) is 0 Å². The van der Waals surface area contributed by atoms with Gasteiger partial charge in [-0.1, -0.05) is 5.92 Å². The highest BCUT2D eigenvalue weighted by Crippen LogP contribution is 2.26. The number of nitrogens with zero attached hydrogens (tertiary/aromatic N) is 1. The van der Waals surface area contributed by atoms with Crippen LogP contribution in [-0.4, -0.2) is 16.6 Å². The summed E-state index contributed by atoms with van der Waals surface area (Å²) in [7, 11) is 0. The van der Waals surface area contributed by atoms with Crippen LogP contribution in [0.1, 0.15) is 18.2 Å². The number of aromatic nitrogens is 2. The van der Waals surface area contributed by atoms with Crippen molar-refractivity contribution in [3.05, 3.63) is 23.5 Å². The molecular formula is C13H14N2O. The summed E-state index contributed by atoms with van der Waals surface area (Å²) in [5.74, 6) is 6.27. The summed E-state index contributed by atoms with van der Waals surface area (Å²) in [6.07, 6.45) is 1.76. The maximum atomic E-state index is 5.51. The summed E-state index contributed by atoms with van der Waals surface area (Å²) in [4.78, 5) is 7.50. The van der Waals surface area contributed by atoms with Gasteiger partial charge in [-0.15, -0.1) is 5.92 Å². The normalized spacial score (nSPS) is 9.94. The largest absolute Gasteiger partial charge is 0.463 e. The second-order valence-corrected chi connectivity index (χ2v) is 3.63. The van der Waals surface area contributed by atoms with E-state index in [2.05, 4.69) is 28.7 Å². The summed E-state index contributed by atoms with van der Waals surface area (Å²) >= 11 is 0. The smallest absolute Gasteiger partial charge is 0.239 e. The molecule has 0 aliphatic heterocycles. The van der Waals surface area contributed by atoms with E-state index in [0.29, 0.717) is 12.5 Å². The van der Waals surface area contributed by atoms with E-state index in [1.807, 2.05) is 13.0 Å². The van der Waals surface area contributed by atoms with Gasteiger partial charge in [-0.05, 0) is 32.4 Å². The summed E-state index contributed by atoms with van der Waals surface area (Å²) in [5.41, 5.74) is 3.34. The standard InChI is InChI=1S/C13H14N2O/c1-4-5-8-16-13-12-11(6-7-14-13)9(2)10(3)15-12/h6-7,15H,8H2,1-3H3. The molecule has 0 atom stereocenters. The number of hydrogen-bond donors (Lipinski definition) is 1. The molecule has 0 aliphatic rings. The molecule has 0 fully saturated rings. The molecule has 2 heterocycles.